The molecule has 2 aliphatic rings. The molecular formula is C43H40O6. The maximum absolute atomic E-state index is 12.4. The molecule has 6 heteroatoms. The van der Waals surface area contributed by atoms with E-state index in [0.717, 1.165) is 32.3 Å². The third kappa shape index (κ3) is 6.19. The summed E-state index contributed by atoms with van der Waals surface area (Å²) in [7, 11) is 0. The van der Waals surface area contributed by atoms with Crippen LogP contribution in [0.1, 0.15) is 70.2 Å². The zero-order valence-corrected chi connectivity index (χ0v) is 28.7. The zero-order chi connectivity index (χ0) is 34.6. The molecular weight excluding hydrogens is 612 g/mol. The van der Waals surface area contributed by atoms with Gasteiger partial charge in [-0.2, -0.15) is 0 Å². The highest BCUT2D eigenvalue weighted by molar-refractivity contribution is 5.90. The van der Waals surface area contributed by atoms with Gasteiger partial charge in [-0.25, -0.2) is 9.59 Å². The molecule has 0 aliphatic heterocycles. The third-order valence-corrected chi connectivity index (χ3v) is 8.88. The number of ether oxygens (including phenoxy) is 4. The van der Waals surface area contributed by atoms with Gasteiger partial charge >= 0.3 is 12.3 Å². The molecule has 6 nitrogen and oxygen atoms in total. The Morgan fingerprint density at radius 3 is 1.88 bits per heavy atom. The average molecular weight is 653 g/mol. The maximum Gasteiger partial charge on any atom is 0.514 e. The monoisotopic (exact) mass is 652 g/mol. The van der Waals surface area contributed by atoms with Crippen molar-refractivity contribution < 1.29 is 28.5 Å². The van der Waals surface area contributed by atoms with E-state index in [-0.39, 0.29) is 0 Å². The highest BCUT2D eigenvalue weighted by Gasteiger charge is 2.46. The summed E-state index contributed by atoms with van der Waals surface area (Å²) in [5.74, 6) is 0.427. The van der Waals surface area contributed by atoms with E-state index in [1.54, 1.807) is 6.07 Å². The molecule has 1 unspecified atom stereocenters. The van der Waals surface area contributed by atoms with Crippen LogP contribution in [0.25, 0.3) is 34.1 Å². The van der Waals surface area contributed by atoms with Crippen molar-refractivity contribution in [2.45, 2.75) is 70.7 Å². The predicted molar refractivity (Wildman–Crippen MR) is 192 cm³/mol. The summed E-state index contributed by atoms with van der Waals surface area (Å²) >= 11 is 0. The van der Waals surface area contributed by atoms with E-state index >= 15 is 0 Å². The maximum atomic E-state index is 12.4. The summed E-state index contributed by atoms with van der Waals surface area (Å²) in [5, 5.41) is 4.07. The van der Waals surface area contributed by atoms with E-state index in [9.17, 15) is 9.59 Å². The second-order valence-corrected chi connectivity index (χ2v) is 14.7. The van der Waals surface area contributed by atoms with Crippen molar-refractivity contribution in [1.82, 2.24) is 0 Å². The van der Waals surface area contributed by atoms with Crippen molar-refractivity contribution in [1.29, 1.82) is 0 Å². The number of benzene rings is 5. The van der Waals surface area contributed by atoms with Crippen LogP contribution >= 0.6 is 0 Å². The van der Waals surface area contributed by atoms with Gasteiger partial charge in [-0.05, 0) is 126 Å². The highest BCUT2D eigenvalue weighted by Crippen LogP contribution is 2.56. The van der Waals surface area contributed by atoms with Crippen LogP contribution < -0.4 is 15.2 Å². The Morgan fingerprint density at radius 2 is 1.20 bits per heavy atom. The van der Waals surface area contributed by atoms with Gasteiger partial charge in [0.05, 0.1) is 5.41 Å². The minimum Gasteiger partial charge on any atom is -0.429 e. The molecule has 0 N–H and O–H groups in total. The summed E-state index contributed by atoms with van der Waals surface area (Å²) in [6.07, 6.45) is 2.89. The van der Waals surface area contributed by atoms with E-state index in [2.05, 4.69) is 91.0 Å². The Bertz CT molecular complexity index is 2190. The molecule has 1 atom stereocenters. The van der Waals surface area contributed by atoms with Crippen LogP contribution in [0.4, 0.5) is 9.59 Å². The first-order valence-electron chi connectivity index (χ1n) is 16.7. The van der Waals surface area contributed by atoms with Gasteiger partial charge in [0.2, 0.25) is 0 Å². The Morgan fingerprint density at radius 1 is 0.633 bits per heavy atom. The molecule has 0 bridgehead atoms. The van der Waals surface area contributed by atoms with E-state index < -0.39 is 35.0 Å². The molecule has 7 rings (SSSR count). The van der Waals surface area contributed by atoms with Crippen LogP contribution in [-0.2, 0) is 19.6 Å². The number of rotatable bonds is 4. The smallest absolute Gasteiger partial charge is 0.429 e. The molecule has 0 saturated carbocycles. The van der Waals surface area contributed by atoms with Gasteiger partial charge < -0.3 is 18.9 Å². The third-order valence-electron chi connectivity index (χ3n) is 8.88. The lowest BCUT2D eigenvalue weighted by atomic mass is 9.67. The normalized spacial score (nSPS) is 15.9. The van der Waals surface area contributed by atoms with Crippen LogP contribution in [-0.4, -0.2) is 29.6 Å². The lowest BCUT2D eigenvalue weighted by Crippen LogP contribution is -2.36. The van der Waals surface area contributed by atoms with Crippen LogP contribution in [0.3, 0.4) is 0 Å². The average Bonchev–Trinajstić information content (AvgIpc) is 3.34. The molecule has 2 aliphatic carbocycles. The van der Waals surface area contributed by atoms with E-state index in [0.29, 0.717) is 12.2 Å². The molecule has 5 aromatic rings. The van der Waals surface area contributed by atoms with Gasteiger partial charge in [0.15, 0.2) is 0 Å². The molecule has 248 valence electrons. The standard InChI is InChI=1S/C43H40O6/c1-41(2,3)48-39(44)46-33-21-17-27-23-31(19-15-29(27)25-33)43(37-13-9-7-11-35(37)36-12-8-10-14-38(36)43)32-20-16-30-26-34(22-18-28(30)24-32)47-40(45)49-42(4,5)6/h7-21,23-26,34H,22H2,1-6H3. The fraction of sp³-hybridized carbons (Fsp3) is 0.256. The number of carbonyl (C=O) groups is 2. The number of hydrogen-bond donors (Lipinski definition) is 0. The Labute approximate surface area is 286 Å². The minimum atomic E-state index is -0.731. The molecule has 0 spiro atoms. The minimum absolute atomic E-state index is 0.403. The fourth-order valence-electron chi connectivity index (χ4n) is 7.04. The molecule has 0 amide bonds. The van der Waals surface area contributed by atoms with E-state index in [4.69, 9.17) is 18.9 Å². The molecule has 0 heterocycles. The molecule has 5 aromatic carbocycles. The van der Waals surface area contributed by atoms with Gasteiger partial charge in [0.1, 0.15) is 23.1 Å². The number of hydrogen-bond acceptors (Lipinski definition) is 6. The topological polar surface area (TPSA) is 71.1 Å². The quantitative estimate of drug-likeness (QED) is 0.140. The molecule has 0 saturated heterocycles. The van der Waals surface area contributed by atoms with Gasteiger partial charge in [0, 0.05) is 6.42 Å². The lowest BCUT2D eigenvalue weighted by Gasteiger charge is -2.34. The van der Waals surface area contributed by atoms with E-state index in [1.165, 1.54) is 22.3 Å². The van der Waals surface area contributed by atoms with Gasteiger partial charge in [-0.15, -0.1) is 0 Å². The first-order valence-corrected chi connectivity index (χ1v) is 16.7. The van der Waals surface area contributed by atoms with Crippen molar-refractivity contribution in [3.63, 3.8) is 0 Å². The second-order valence-electron chi connectivity index (χ2n) is 14.7. The first kappa shape index (κ1) is 32.2. The Kier molecular flexibility index (Phi) is 7.86. The van der Waals surface area contributed by atoms with Gasteiger partial charge in [-0.1, -0.05) is 84.9 Å². The first-order chi connectivity index (χ1) is 23.3. The summed E-state index contributed by atoms with van der Waals surface area (Å²) in [5.41, 5.74) is 5.25. The summed E-state index contributed by atoms with van der Waals surface area (Å²) in [6, 6.07) is 36.0. The van der Waals surface area contributed by atoms with Crippen LogP contribution in [0.5, 0.6) is 5.75 Å². The van der Waals surface area contributed by atoms with Crippen molar-refractivity contribution in [3.8, 4) is 16.9 Å². The van der Waals surface area contributed by atoms with E-state index in [1.807, 2.05) is 59.8 Å². The second kappa shape index (κ2) is 12.0. The molecule has 49 heavy (non-hydrogen) atoms. The van der Waals surface area contributed by atoms with Crippen molar-refractivity contribution in [2.24, 2.45) is 0 Å². The molecule has 0 aromatic heterocycles. The largest absolute Gasteiger partial charge is 0.514 e. The Balaban J connectivity index is 1.34. The van der Waals surface area contributed by atoms with Crippen molar-refractivity contribution >= 4 is 35.2 Å². The lowest BCUT2D eigenvalue weighted by molar-refractivity contribution is -0.0151. The SMILES string of the molecule is CC(C)(C)OC(=O)Oc1ccc2cc(C3(c4ccc5c(c4)=CCC(OC(=O)OC(C)(C)C)C=5)c4ccccc4-c4ccccc43)ccc2c1. The number of carbonyl (C=O) groups excluding carboxylic acids is 2. The fourth-order valence-corrected chi connectivity index (χ4v) is 7.04. The summed E-state index contributed by atoms with van der Waals surface area (Å²) in [4.78, 5) is 24.8. The highest BCUT2D eigenvalue weighted by atomic mass is 16.7. The summed E-state index contributed by atoms with van der Waals surface area (Å²) in [6.45, 7) is 10.9. The number of fused-ring (bicyclic) bond motifs is 5. The zero-order valence-electron chi connectivity index (χ0n) is 28.7. The van der Waals surface area contributed by atoms with Crippen LogP contribution in [0, 0.1) is 0 Å². The van der Waals surface area contributed by atoms with Crippen LogP contribution in [0.2, 0.25) is 0 Å². The van der Waals surface area contributed by atoms with Gasteiger partial charge in [-0.3, -0.25) is 0 Å². The molecule has 0 fully saturated rings. The van der Waals surface area contributed by atoms with Crippen LogP contribution in [0.15, 0.2) is 103 Å². The summed E-state index contributed by atoms with van der Waals surface area (Å²) < 4.78 is 21.9. The van der Waals surface area contributed by atoms with Gasteiger partial charge in [0.25, 0.3) is 0 Å². The Hall–Kier alpha value is -5.36. The predicted octanol–water partition coefficient (Wildman–Crippen LogP) is 8.80. The van der Waals surface area contributed by atoms with Crippen molar-refractivity contribution in [2.75, 3.05) is 0 Å². The van der Waals surface area contributed by atoms with Crippen molar-refractivity contribution in [3.05, 3.63) is 136 Å². The molecule has 0 radical (unpaired) electrons.